The molecule has 1 aromatic rings. The zero-order valence-corrected chi connectivity index (χ0v) is 9.64. The first kappa shape index (κ1) is 13.6. The van der Waals surface area contributed by atoms with E-state index in [1.807, 2.05) is 0 Å². The highest BCUT2D eigenvalue weighted by molar-refractivity contribution is 9.10. The Morgan fingerprint density at radius 1 is 1.41 bits per heavy atom. The van der Waals surface area contributed by atoms with Crippen molar-refractivity contribution < 1.29 is 22.4 Å². The maximum Gasteiger partial charge on any atom is 0.451 e. The van der Waals surface area contributed by atoms with E-state index in [0.29, 0.717) is 0 Å². The molecule has 0 aliphatic rings. The van der Waals surface area contributed by atoms with Crippen LogP contribution in [0.4, 0.5) is 17.6 Å². The summed E-state index contributed by atoms with van der Waals surface area (Å²) < 4.78 is 49.3. The third kappa shape index (κ3) is 3.03. The SMILES string of the molecule is N#CC(C(=O)C(F)(F)F)c1ccc(F)c(Br)c1. The minimum atomic E-state index is -5.10. The lowest BCUT2D eigenvalue weighted by atomic mass is 9.96. The Balaban J connectivity index is 3.16. The number of alkyl halides is 3. The molecule has 0 fully saturated rings. The Morgan fingerprint density at radius 3 is 2.41 bits per heavy atom. The zero-order chi connectivity index (χ0) is 13.2. The molecule has 0 saturated heterocycles. The van der Waals surface area contributed by atoms with Crippen LogP contribution >= 0.6 is 15.9 Å². The number of rotatable bonds is 2. The summed E-state index contributed by atoms with van der Waals surface area (Å²) in [6.45, 7) is 0. The molecule has 1 atom stereocenters. The minimum absolute atomic E-state index is 0.106. The second-order valence-corrected chi connectivity index (χ2v) is 3.95. The maximum atomic E-state index is 12.9. The fraction of sp³-hybridized carbons (Fsp3) is 0.200. The van der Waals surface area contributed by atoms with Crippen molar-refractivity contribution in [2.24, 2.45) is 0 Å². The molecule has 0 aliphatic carbocycles. The monoisotopic (exact) mass is 309 g/mol. The fourth-order valence-electron chi connectivity index (χ4n) is 1.14. The van der Waals surface area contributed by atoms with E-state index in [0.717, 1.165) is 18.2 Å². The van der Waals surface area contributed by atoms with Crippen molar-refractivity contribution in [3.63, 3.8) is 0 Å². The van der Waals surface area contributed by atoms with Gasteiger partial charge in [0.25, 0.3) is 5.78 Å². The largest absolute Gasteiger partial charge is 0.451 e. The number of nitriles is 1. The highest BCUT2D eigenvalue weighted by Crippen LogP contribution is 2.29. The van der Waals surface area contributed by atoms with Gasteiger partial charge in [0, 0.05) is 0 Å². The van der Waals surface area contributed by atoms with Crippen LogP contribution in [0.15, 0.2) is 22.7 Å². The van der Waals surface area contributed by atoms with E-state index < -0.39 is 23.7 Å². The third-order valence-electron chi connectivity index (χ3n) is 1.95. The summed E-state index contributed by atoms with van der Waals surface area (Å²) in [5.41, 5.74) is -0.205. The van der Waals surface area contributed by atoms with Crippen LogP contribution in [0.25, 0.3) is 0 Å². The minimum Gasteiger partial charge on any atom is -0.288 e. The van der Waals surface area contributed by atoms with Crippen LogP contribution in [0, 0.1) is 17.1 Å². The van der Waals surface area contributed by atoms with Crippen LogP contribution in [0.5, 0.6) is 0 Å². The van der Waals surface area contributed by atoms with Gasteiger partial charge in [0.2, 0.25) is 0 Å². The predicted octanol–water partition coefficient (Wildman–Crippen LogP) is 3.33. The average molecular weight is 310 g/mol. The Kier molecular flexibility index (Phi) is 3.88. The van der Waals surface area contributed by atoms with Gasteiger partial charge < -0.3 is 0 Å². The van der Waals surface area contributed by atoms with Crippen molar-refractivity contribution in [2.75, 3.05) is 0 Å². The molecule has 0 spiro atoms. The van der Waals surface area contributed by atoms with Crippen molar-refractivity contribution in [1.29, 1.82) is 5.26 Å². The van der Waals surface area contributed by atoms with Crippen molar-refractivity contribution in [1.82, 2.24) is 0 Å². The van der Waals surface area contributed by atoms with Crippen LogP contribution in [-0.4, -0.2) is 12.0 Å². The van der Waals surface area contributed by atoms with Gasteiger partial charge in [-0.15, -0.1) is 0 Å². The molecule has 0 amide bonds. The third-order valence-corrected chi connectivity index (χ3v) is 2.56. The molecule has 17 heavy (non-hydrogen) atoms. The molecular weight excluding hydrogens is 306 g/mol. The number of hydrogen-bond acceptors (Lipinski definition) is 2. The van der Waals surface area contributed by atoms with Crippen molar-refractivity contribution in [3.8, 4) is 6.07 Å². The Bertz CT molecular complexity index is 492. The van der Waals surface area contributed by atoms with Gasteiger partial charge in [0.1, 0.15) is 11.7 Å². The molecule has 0 heterocycles. The van der Waals surface area contributed by atoms with Gasteiger partial charge in [0.05, 0.1) is 10.5 Å². The number of halogens is 5. The number of ketones is 1. The van der Waals surface area contributed by atoms with Crippen LogP contribution in [0.3, 0.4) is 0 Å². The predicted molar refractivity (Wildman–Crippen MR) is 53.5 cm³/mol. The number of carbonyl (C=O) groups is 1. The van der Waals surface area contributed by atoms with Gasteiger partial charge in [-0.2, -0.15) is 18.4 Å². The summed E-state index contributed by atoms with van der Waals surface area (Å²) in [7, 11) is 0. The van der Waals surface area contributed by atoms with Gasteiger partial charge in [-0.3, -0.25) is 4.79 Å². The molecular formula is C10H4BrF4NO. The molecule has 7 heteroatoms. The lowest BCUT2D eigenvalue weighted by Gasteiger charge is -2.11. The normalized spacial score (nSPS) is 12.9. The van der Waals surface area contributed by atoms with E-state index in [1.165, 1.54) is 6.07 Å². The van der Waals surface area contributed by atoms with Gasteiger partial charge >= 0.3 is 6.18 Å². The molecule has 0 aliphatic heterocycles. The number of hydrogen-bond donors (Lipinski definition) is 0. The lowest BCUT2D eigenvalue weighted by molar-refractivity contribution is -0.171. The summed E-state index contributed by atoms with van der Waals surface area (Å²) in [4.78, 5) is 10.9. The van der Waals surface area contributed by atoms with Gasteiger partial charge in [-0.25, -0.2) is 4.39 Å². The van der Waals surface area contributed by atoms with E-state index in [1.54, 1.807) is 0 Å². The summed E-state index contributed by atoms with van der Waals surface area (Å²) in [6, 6.07) is 4.09. The summed E-state index contributed by atoms with van der Waals surface area (Å²) in [6.07, 6.45) is -5.10. The first-order chi connectivity index (χ1) is 7.77. The summed E-state index contributed by atoms with van der Waals surface area (Å²) >= 11 is 2.77. The number of carbonyl (C=O) groups excluding carboxylic acids is 1. The molecule has 1 rings (SSSR count). The smallest absolute Gasteiger partial charge is 0.288 e. The average Bonchev–Trinajstić information content (AvgIpc) is 2.23. The zero-order valence-electron chi connectivity index (χ0n) is 8.05. The lowest BCUT2D eigenvalue weighted by Crippen LogP contribution is -2.28. The molecule has 1 unspecified atom stereocenters. The fourth-order valence-corrected chi connectivity index (χ4v) is 1.54. The Hall–Kier alpha value is -1.42. The standard InChI is InChI=1S/C10H4BrF4NO/c11-7-3-5(1-2-8(7)12)6(4-16)9(17)10(13,14)15/h1-3,6H. The first-order valence-corrected chi connectivity index (χ1v) is 5.02. The molecule has 1 aromatic carbocycles. The molecule has 0 saturated carbocycles. The van der Waals surface area contributed by atoms with E-state index in [-0.39, 0.29) is 10.0 Å². The topological polar surface area (TPSA) is 40.9 Å². The Morgan fingerprint density at radius 2 is 2.00 bits per heavy atom. The number of nitrogens with zero attached hydrogens (tertiary/aromatic N) is 1. The van der Waals surface area contributed by atoms with Gasteiger partial charge in [0.15, 0.2) is 0 Å². The molecule has 0 N–H and O–H groups in total. The number of Topliss-reactive ketones (excluding diaryl/α,β-unsaturated/α-hetero) is 1. The molecule has 2 nitrogen and oxygen atoms in total. The van der Waals surface area contributed by atoms with Crippen LogP contribution in [0.2, 0.25) is 0 Å². The highest BCUT2D eigenvalue weighted by atomic mass is 79.9. The second kappa shape index (κ2) is 4.84. The van der Waals surface area contributed by atoms with Crippen LogP contribution in [0.1, 0.15) is 11.5 Å². The van der Waals surface area contributed by atoms with Crippen molar-refractivity contribution in [2.45, 2.75) is 12.1 Å². The van der Waals surface area contributed by atoms with E-state index in [2.05, 4.69) is 15.9 Å². The highest BCUT2D eigenvalue weighted by Gasteiger charge is 2.44. The molecule has 90 valence electrons. The Labute approximate surface area is 102 Å². The second-order valence-electron chi connectivity index (χ2n) is 3.10. The van der Waals surface area contributed by atoms with Crippen molar-refractivity contribution >= 4 is 21.7 Å². The van der Waals surface area contributed by atoms with Crippen molar-refractivity contribution in [3.05, 3.63) is 34.1 Å². The maximum absolute atomic E-state index is 12.9. The quantitative estimate of drug-likeness (QED) is 0.786. The first-order valence-electron chi connectivity index (χ1n) is 4.23. The molecule has 0 radical (unpaired) electrons. The van der Waals surface area contributed by atoms with E-state index in [4.69, 9.17) is 5.26 Å². The van der Waals surface area contributed by atoms with E-state index >= 15 is 0 Å². The molecule has 0 aromatic heterocycles. The van der Waals surface area contributed by atoms with Gasteiger partial charge in [-0.1, -0.05) is 6.07 Å². The van der Waals surface area contributed by atoms with E-state index in [9.17, 15) is 22.4 Å². The van der Waals surface area contributed by atoms with Crippen LogP contribution in [-0.2, 0) is 4.79 Å². The summed E-state index contributed by atoms with van der Waals surface area (Å²) in [5.74, 6) is -4.84. The number of benzene rings is 1. The van der Waals surface area contributed by atoms with Crippen LogP contribution < -0.4 is 0 Å². The van der Waals surface area contributed by atoms with Gasteiger partial charge in [-0.05, 0) is 33.6 Å². The molecule has 0 bridgehead atoms. The summed E-state index contributed by atoms with van der Waals surface area (Å²) in [5, 5.41) is 8.59.